The van der Waals surface area contributed by atoms with Crippen molar-refractivity contribution >= 4 is 0 Å². The first-order chi connectivity index (χ1) is 7.20. The normalized spacial score (nSPS) is 10.6. The Hall–Kier alpha value is -1.75. The van der Waals surface area contributed by atoms with Gasteiger partial charge in [0.25, 0.3) is 0 Å². The van der Waals surface area contributed by atoms with E-state index in [1.54, 1.807) is 17.1 Å². The summed E-state index contributed by atoms with van der Waals surface area (Å²) in [6, 6.07) is 1.97. The molecule has 2 N–H and O–H groups in total. The van der Waals surface area contributed by atoms with E-state index in [0.717, 1.165) is 22.9 Å². The van der Waals surface area contributed by atoms with Crippen molar-refractivity contribution in [3.05, 3.63) is 35.7 Å². The molecule has 0 saturated carbocycles. The summed E-state index contributed by atoms with van der Waals surface area (Å²) in [5.74, 6) is 1.61. The maximum atomic E-state index is 5.55. The number of nitrogens with zero attached hydrogens (tertiary/aromatic N) is 4. The fourth-order valence-electron chi connectivity index (χ4n) is 1.47. The summed E-state index contributed by atoms with van der Waals surface area (Å²) < 4.78 is 1.77. The molecule has 0 aliphatic heterocycles. The van der Waals surface area contributed by atoms with Crippen LogP contribution in [0.4, 0.5) is 0 Å². The van der Waals surface area contributed by atoms with Crippen LogP contribution in [0.15, 0.2) is 18.5 Å². The van der Waals surface area contributed by atoms with Gasteiger partial charge in [-0.1, -0.05) is 0 Å². The lowest BCUT2D eigenvalue weighted by Crippen LogP contribution is -2.03. The maximum Gasteiger partial charge on any atom is 0.148 e. The summed E-state index contributed by atoms with van der Waals surface area (Å²) in [5, 5.41) is 4.28. The third-order valence-electron chi connectivity index (χ3n) is 2.14. The predicted molar refractivity (Wildman–Crippen MR) is 56.5 cm³/mol. The van der Waals surface area contributed by atoms with Gasteiger partial charge in [0.15, 0.2) is 0 Å². The molecule has 0 atom stereocenters. The molecule has 0 aromatic carbocycles. The van der Waals surface area contributed by atoms with Crippen LogP contribution >= 0.6 is 0 Å². The first kappa shape index (κ1) is 9.79. The number of hydrogen-bond acceptors (Lipinski definition) is 4. The molecule has 0 saturated heterocycles. The molecule has 78 valence electrons. The van der Waals surface area contributed by atoms with Crippen molar-refractivity contribution in [2.45, 2.75) is 20.4 Å². The second kappa shape index (κ2) is 3.78. The first-order valence-corrected chi connectivity index (χ1v) is 4.75. The van der Waals surface area contributed by atoms with Crippen LogP contribution in [-0.2, 0) is 6.54 Å². The number of hydrogen-bond donors (Lipinski definition) is 1. The number of aryl methyl sites for hydroxylation is 2. The summed E-state index contributed by atoms with van der Waals surface area (Å²) in [6.07, 6.45) is 3.50. The average Bonchev–Trinajstić information content (AvgIpc) is 2.58. The molecule has 0 unspecified atom stereocenters. The van der Waals surface area contributed by atoms with Gasteiger partial charge >= 0.3 is 0 Å². The molecule has 2 rings (SSSR count). The van der Waals surface area contributed by atoms with E-state index in [-0.39, 0.29) is 0 Å². The minimum atomic E-state index is 0.480. The molecule has 0 aliphatic carbocycles. The van der Waals surface area contributed by atoms with Crippen molar-refractivity contribution in [2.24, 2.45) is 5.73 Å². The average molecular weight is 203 g/mol. The Morgan fingerprint density at radius 2 is 2.13 bits per heavy atom. The molecule has 0 aliphatic rings. The van der Waals surface area contributed by atoms with E-state index in [0.29, 0.717) is 6.54 Å². The number of rotatable bonds is 2. The highest BCUT2D eigenvalue weighted by atomic mass is 15.3. The fourth-order valence-corrected chi connectivity index (χ4v) is 1.47. The lowest BCUT2D eigenvalue weighted by atomic mass is 10.2. The number of aromatic nitrogens is 4. The van der Waals surface area contributed by atoms with Crippen molar-refractivity contribution < 1.29 is 0 Å². The highest BCUT2D eigenvalue weighted by Crippen LogP contribution is 2.09. The quantitative estimate of drug-likeness (QED) is 0.781. The first-order valence-electron chi connectivity index (χ1n) is 4.75. The van der Waals surface area contributed by atoms with Crippen LogP contribution in [-0.4, -0.2) is 19.7 Å². The second-order valence-electron chi connectivity index (χ2n) is 3.37. The van der Waals surface area contributed by atoms with Gasteiger partial charge in [-0.05, 0) is 25.5 Å². The Morgan fingerprint density at radius 1 is 1.33 bits per heavy atom. The van der Waals surface area contributed by atoms with Crippen molar-refractivity contribution in [3.63, 3.8) is 0 Å². The standard InChI is InChI=1S/C10H13N5/c1-7-13-8(2)15(14-7)10-3-9(4-11)5-12-6-10/h3,5-6H,4,11H2,1-2H3. The maximum absolute atomic E-state index is 5.55. The van der Waals surface area contributed by atoms with Gasteiger partial charge in [0, 0.05) is 12.7 Å². The second-order valence-corrected chi connectivity index (χ2v) is 3.37. The zero-order valence-corrected chi connectivity index (χ0v) is 8.81. The van der Waals surface area contributed by atoms with E-state index >= 15 is 0 Å². The highest BCUT2D eigenvalue weighted by Gasteiger charge is 2.05. The predicted octanol–water partition coefficient (Wildman–Crippen LogP) is 0.738. The summed E-state index contributed by atoms with van der Waals surface area (Å²) >= 11 is 0. The van der Waals surface area contributed by atoms with Gasteiger partial charge in [0.05, 0.1) is 11.9 Å². The van der Waals surface area contributed by atoms with Gasteiger partial charge in [-0.25, -0.2) is 9.67 Å². The zero-order valence-electron chi connectivity index (χ0n) is 8.81. The smallest absolute Gasteiger partial charge is 0.148 e. The molecule has 0 radical (unpaired) electrons. The zero-order chi connectivity index (χ0) is 10.8. The summed E-state index contributed by atoms with van der Waals surface area (Å²) in [7, 11) is 0. The van der Waals surface area contributed by atoms with E-state index in [2.05, 4.69) is 15.1 Å². The Balaban J connectivity index is 2.49. The van der Waals surface area contributed by atoms with Crippen LogP contribution in [0.2, 0.25) is 0 Å². The largest absolute Gasteiger partial charge is 0.326 e. The van der Waals surface area contributed by atoms with Crippen molar-refractivity contribution in [1.29, 1.82) is 0 Å². The summed E-state index contributed by atoms with van der Waals surface area (Å²) in [4.78, 5) is 8.35. The van der Waals surface area contributed by atoms with Crippen molar-refractivity contribution in [2.75, 3.05) is 0 Å². The van der Waals surface area contributed by atoms with Crippen LogP contribution in [0, 0.1) is 13.8 Å². The minimum absolute atomic E-state index is 0.480. The Labute approximate surface area is 88.0 Å². The Bertz CT molecular complexity index is 474. The topological polar surface area (TPSA) is 69.6 Å². The Morgan fingerprint density at radius 3 is 2.73 bits per heavy atom. The van der Waals surface area contributed by atoms with Gasteiger partial charge < -0.3 is 5.73 Å². The van der Waals surface area contributed by atoms with E-state index in [1.165, 1.54) is 0 Å². The third-order valence-corrected chi connectivity index (χ3v) is 2.14. The Kier molecular flexibility index (Phi) is 2.47. The van der Waals surface area contributed by atoms with Gasteiger partial charge in [-0.15, -0.1) is 0 Å². The van der Waals surface area contributed by atoms with Gasteiger partial charge in [0.2, 0.25) is 0 Å². The van der Waals surface area contributed by atoms with Gasteiger partial charge in [-0.3, -0.25) is 4.98 Å². The van der Waals surface area contributed by atoms with Crippen LogP contribution < -0.4 is 5.73 Å². The van der Waals surface area contributed by atoms with Crippen molar-refractivity contribution in [1.82, 2.24) is 19.7 Å². The van der Waals surface area contributed by atoms with E-state index < -0.39 is 0 Å². The fraction of sp³-hybridized carbons (Fsp3) is 0.300. The third kappa shape index (κ3) is 1.87. The molecule has 0 amide bonds. The van der Waals surface area contributed by atoms with Gasteiger partial charge in [-0.2, -0.15) is 5.10 Å². The molecule has 15 heavy (non-hydrogen) atoms. The SMILES string of the molecule is Cc1nc(C)n(-c2cncc(CN)c2)n1. The molecular weight excluding hydrogens is 190 g/mol. The van der Waals surface area contributed by atoms with E-state index in [9.17, 15) is 0 Å². The lowest BCUT2D eigenvalue weighted by molar-refractivity contribution is 0.822. The molecule has 0 fully saturated rings. The van der Waals surface area contributed by atoms with Crippen LogP contribution in [0.1, 0.15) is 17.2 Å². The van der Waals surface area contributed by atoms with Crippen molar-refractivity contribution in [3.8, 4) is 5.69 Å². The molecule has 5 heteroatoms. The molecule has 5 nitrogen and oxygen atoms in total. The van der Waals surface area contributed by atoms with Crippen LogP contribution in [0.3, 0.4) is 0 Å². The number of nitrogens with two attached hydrogens (primary N) is 1. The minimum Gasteiger partial charge on any atom is -0.326 e. The summed E-state index contributed by atoms with van der Waals surface area (Å²) in [5.41, 5.74) is 7.44. The molecule has 0 spiro atoms. The van der Waals surface area contributed by atoms with Crippen LogP contribution in [0.5, 0.6) is 0 Å². The molecular formula is C10H13N5. The monoisotopic (exact) mass is 203 g/mol. The van der Waals surface area contributed by atoms with E-state index in [1.807, 2.05) is 19.9 Å². The van der Waals surface area contributed by atoms with Crippen LogP contribution in [0.25, 0.3) is 5.69 Å². The molecule has 2 aromatic rings. The van der Waals surface area contributed by atoms with Gasteiger partial charge in [0.1, 0.15) is 11.6 Å². The molecule has 0 bridgehead atoms. The number of pyridine rings is 1. The highest BCUT2D eigenvalue weighted by molar-refractivity contribution is 5.31. The van der Waals surface area contributed by atoms with E-state index in [4.69, 9.17) is 5.73 Å². The lowest BCUT2D eigenvalue weighted by Gasteiger charge is -2.03. The summed E-state index contributed by atoms with van der Waals surface area (Å²) in [6.45, 7) is 4.26. The molecule has 2 aromatic heterocycles. The molecule has 2 heterocycles.